The van der Waals surface area contributed by atoms with E-state index in [9.17, 15) is 18.9 Å². The van der Waals surface area contributed by atoms with Gasteiger partial charge >= 0.3 is 25.8 Å². The Kier molecular flexibility index (Phi) is 10.7. The van der Waals surface area contributed by atoms with Crippen LogP contribution in [0.4, 0.5) is 10.7 Å². The summed E-state index contributed by atoms with van der Waals surface area (Å²) >= 11 is 6.22. The number of esters is 2. The molecule has 266 valence electrons. The summed E-state index contributed by atoms with van der Waals surface area (Å²) in [6.45, 7) is 9.38. The minimum atomic E-state index is -4.45. The number of aromatic nitrogens is 4. The molecule has 19 heteroatoms. The highest BCUT2D eigenvalue weighted by Gasteiger charge is 2.64. The second-order valence-electron chi connectivity index (χ2n) is 12.2. The number of carbonyl (C=O) groups is 3. The number of nitrogens with zero attached hydrogens (tertiary/aromatic N) is 4. The summed E-state index contributed by atoms with van der Waals surface area (Å²) in [6, 6.07) is 5.47. The van der Waals surface area contributed by atoms with Crippen LogP contribution in [0.2, 0.25) is 5.15 Å². The smallest absolute Gasteiger partial charge is 0.463 e. The lowest BCUT2D eigenvalue weighted by Gasteiger charge is -2.26. The van der Waals surface area contributed by atoms with Gasteiger partial charge < -0.3 is 33.9 Å². The van der Waals surface area contributed by atoms with Crippen molar-refractivity contribution < 1.29 is 51.7 Å². The van der Waals surface area contributed by atoms with E-state index in [4.69, 9.17) is 50.1 Å². The third-order valence-electron chi connectivity index (χ3n) is 7.49. The predicted octanol–water partition coefficient (Wildman–Crippen LogP) is 4.27. The van der Waals surface area contributed by atoms with Gasteiger partial charge in [-0.2, -0.15) is 15.1 Å². The topological polar surface area (TPSA) is 215 Å². The van der Waals surface area contributed by atoms with E-state index < -0.39 is 68.6 Å². The molecule has 0 radical (unpaired) electrons. The van der Waals surface area contributed by atoms with Gasteiger partial charge in [-0.1, -0.05) is 29.8 Å². The van der Waals surface area contributed by atoms with E-state index in [0.29, 0.717) is 5.56 Å². The van der Waals surface area contributed by atoms with Crippen LogP contribution in [0.1, 0.15) is 59.8 Å². The average Bonchev–Trinajstić information content (AvgIpc) is 3.63. The Bertz CT molecular complexity index is 1770. The molecule has 0 amide bonds. The van der Waals surface area contributed by atoms with Gasteiger partial charge in [0.2, 0.25) is 5.95 Å². The van der Waals surface area contributed by atoms with E-state index in [1.54, 1.807) is 58.9 Å². The molecule has 2 unspecified atom stereocenters. The minimum Gasteiger partial charge on any atom is -0.463 e. The molecule has 1 aromatic carbocycles. The number of rotatable bonds is 14. The number of aryl methyl sites for hydroxylation is 1. The zero-order valence-corrected chi connectivity index (χ0v) is 29.3. The fourth-order valence-corrected chi connectivity index (χ4v) is 7.16. The van der Waals surface area contributed by atoms with E-state index in [2.05, 4.69) is 20.0 Å². The van der Waals surface area contributed by atoms with Crippen molar-refractivity contribution in [2.24, 2.45) is 0 Å². The quantitative estimate of drug-likeness (QED) is 0.103. The molecule has 3 aromatic rings. The maximum atomic E-state index is 14.5. The van der Waals surface area contributed by atoms with Crippen LogP contribution < -0.4 is 15.3 Å². The molecular formula is C30H38ClN6O11P. The highest BCUT2D eigenvalue weighted by Crippen LogP contribution is 2.51. The van der Waals surface area contributed by atoms with Crippen molar-refractivity contribution in [3.63, 3.8) is 0 Å². The average molecular weight is 725 g/mol. The number of fused-ring (bicyclic) bond motifs is 2. The standard InChI is InChI=1S/C30H38ClN6O11P/c1-15(2)43-21(38)12-11-18-9-7-8-10-19(18)48-49(41,36-17(5)26(39)44-16(3)4)42-13-20-23-30(6,47-29(40)46-23)27(45-20)37-14-33-22-24(31)34-28(32)35-25(22)37/h7-10,14-17,20,23,27H,11-13H2,1-6H3,(H,36,41)(H2,32,34,35)/t17-,20+,23-,27+,30?,49?/m0/s1. The summed E-state index contributed by atoms with van der Waals surface area (Å²) in [5.74, 6) is -1.12. The minimum absolute atomic E-state index is 0.00636. The maximum absolute atomic E-state index is 14.5. The molecule has 2 aliphatic rings. The molecule has 6 atom stereocenters. The van der Waals surface area contributed by atoms with Crippen molar-refractivity contribution in [1.82, 2.24) is 24.6 Å². The second kappa shape index (κ2) is 14.5. The first-order valence-electron chi connectivity index (χ1n) is 15.5. The molecule has 2 fully saturated rings. The van der Waals surface area contributed by atoms with Crippen molar-refractivity contribution in [1.29, 1.82) is 0 Å². The van der Waals surface area contributed by atoms with Gasteiger partial charge in [0.1, 0.15) is 23.4 Å². The van der Waals surface area contributed by atoms with Gasteiger partial charge in [-0.05, 0) is 59.6 Å². The number of hydrogen-bond donors (Lipinski definition) is 2. The number of ether oxygens (including phenoxy) is 5. The fraction of sp³-hybridized carbons (Fsp3) is 0.533. The van der Waals surface area contributed by atoms with E-state index in [1.807, 2.05) is 0 Å². The zero-order chi connectivity index (χ0) is 35.7. The van der Waals surface area contributed by atoms with Crippen LogP contribution in [-0.4, -0.2) is 80.3 Å². The van der Waals surface area contributed by atoms with Gasteiger partial charge in [0.05, 0.1) is 25.1 Å². The highest BCUT2D eigenvalue weighted by molar-refractivity contribution is 7.52. The lowest BCUT2D eigenvalue weighted by atomic mass is 9.96. The summed E-state index contributed by atoms with van der Waals surface area (Å²) < 4.78 is 55.7. The second-order valence-corrected chi connectivity index (χ2v) is 14.2. The Morgan fingerprint density at radius 3 is 2.57 bits per heavy atom. The van der Waals surface area contributed by atoms with E-state index >= 15 is 0 Å². The number of carbonyl (C=O) groups excluding carboxylic acids is 3. The number of halogens is 1. The Morgan fingerprint density at radius 1 is 1.14 bits per heavy atom. The molecule has 17 nitrogen and oxygen atoms in total. The van der Waals surface area contributed by atoms with Gasteiger partial charge in [-0.3, -0.25) is 18.7 Å². The molecule has 0 aliphatic carbocycles. The number of anilines is 1. The number of hydrogen-bond acceptors (Lipinski definition) is 15. The van der Waals surface area contributed by atoms with Gasteiger partial charge in [-0.25, -0.2) is 14.3 Å². The van der Waals surface area contributed by atoms with Crippen molar-refractivity contribution in [2.75, 3.05) is 12.3 Å². The summed E-state index contributed by atoms with van der Waals surface area (Å²) in [4.78, 5) is 49.8. The van der Waals surface area contributed by atoms with Crippen LogP contribution in [0.15, 0.2) is 30.6 Å². The number of nitrogen functional groups attached to an aromatic ring is 1. The Labute approximate surface area is 286 Å². The van der Waals surface area contributed by atoms with E-state index in [-0.39, 0.29) is 47.0 Å². The summed E-state index contributed by atoms with van der Waals surface area (Å²) in [7, 11) is -4.45. The number of imidazole rings is 1. The number of benzene rings is 1. The van der Waals surface area contributed by atoms with Crippen molar-refractivity contribution in [3.8, 4) is 5.75 Å². The third-order valence-corrected chi connectivity index (χ3v) is 9.39. The lowest BCUT2D eigenvalue weighted by Crippen LogP contribution is -2.42. The monoisotopic (exact) mass is 724 g/mol. The summed E-state index contributed by atoms with van der Waals surface area (Å²) in [5.41, 5.74) is 5.35. The van der Waals surface area contributed by atoms with E-state index in [1.165, 1.54) is 17.8 Å². The molecule has 2 saturated heterocycles. The van der Waals surface area contributed by atoms with Crippen LogP contribution >= 0.6 is 19.3 Å². The van der Waals surface area contributed by atoms with Crippen molar-refractivity contribution in [2.45, 2.75) is 96.7 Å². The van der Waals surface area contributed by atoms with Crippen LogP contribution in [-0.2, 0) is 48.8 Å². The van der Waals surface area contributed by atoms with E-state index in [0.717, 1.165) is 0 Å². The molecule has 5 rings (SSSR count). The molecular weight excluding hydrogens is 687 g/mol. The number of para-hydroxylation sites is 1. The molecule has 3 N–H and O–H groups in total. The molecule has 0 saturated carbocycles. The largest absolute Gasteiger partial charge is 0.509 e. The summed E-state index contributed by atoms with van der Waals surface area (Å²) in [6.07, 6.45) is -3.31. The Morgan fingerprint density at radius 2 is 1.86 bits per heavy atom. The fourth-order valence-electron chi connectivity index (χ4n) is 5.40. The first-order valence-corrected chi connectivity index (χ1v) is 17.4. The third kappa shape index (κ3) is 8.07. The van der Waals surface area contributed by atoms with Gasteiger partial charge in [0.25, 0.3) is 0 Å². The van der Waals surface area contributed by atoms with Crippen LogP contribution in [0.25, 0.3) is 11.2 Å². The summed E-state index contributed by atoms with van der Waals surface area (Å²) in [5, 5.41) is 2.64. The van der Waals surface area contributed by atoms with Gasteiger partial charge in [0, 0.05) is 6.42 Å². The molecule has 0 bridgehead atoms. The first kappa shape index (κ1) is 36.3. The van der Waals surface area contributed by atoms with Crippen LogP contribution in [0.5, 0.6) is 5.75 Å². The molecule has 2 aliphatic heterocycles. The molecule has 2 aromatic heterocycles. The first-order chi connectivity index (χ1) is 23.1. The van der Waals surface area contributed by atoms with Gasteiger partial charge in [0.15, 0.2) is 28.7 Å². The lowest BCUT2D eigenvalue weighted by molar-refractivity contribution is -0.149. The van der Waals surface area contributed by atoms with Gasteiger partial charge in [-0.15, -0.1) is 0 Å². The van der Waals surface area contributed by atoms with Crippen molar-refractivity contribution in [3.05, 3.63) is 41.3 Å². The Balaban J connectivity index is 1.41. The number of nitrogens with one attached hydrogen (secondary N) is 1. The number of nitrogens with two attached hydrogens (primary N) is 1. The van der Waals surface area contributed by atoms with Crippen molar-refractivity contribution >= 4 is 54.6 Å². The molecule has 4 heterocycles. The molecule has 0 spiro atoms. The predicted molar refractivity (Wildman–Crippen MR) is 172 cm³/mol. The van der Waals surface area contributed by atoms with Crippen LogP contribution in [0, 0.1) is 0 Å². The maximum Gasteiger partial charge on any atom is 0.509 e. The normalized spacial score (nSPS) is 23.5. The molecule has 49 heavy (non-hydrogen) atoms. The zero-order valence-electron chi connectivity index (χ0n) is 27.7. The highest BCUT2D eigenvalue weighted by atomic mass is 35.5. The van der Waals surface area contributed by atoms with Crippen LogP contribution in [0.3, 0.4) is 0 Å². The SMILES string of the molecule is CC(C)OC(=O)CCc1ccccc1OP(=O)(N[C@@H](C)C(=O)OC(C)C)OC[C@H]1O[C@@H](n2cnc3c(Cl)nc(N)nc32)C2(C)OC(=O)O[C@@H]12. The Hall–Kier alpha value is -4.02.